The monoisotopic (exact) mass is 195 g/mol. The summed E-state index contributed by atoms with van der Waals surface area (Å²) in [5.41, 5.74) is 8.19. The van der Waals surface area contributed by atoms with Crippen LogP contribution in [0.25, 0.3) is 0 Å². The van der Waals surface area contributed by atoms with Gasteiger partial charge in [-0.1, -0.05) is 24.3 Å². The molecule has 0 radical (unpaired) electrons. The van der Waals surface area contributed by atoms with Crippen LogP contribution in [0.15, 0.2) is 24.3 Å². The van der Waals surface area contributed by atoms with Crippen LogP contribution in [0.2, 0.25) is 0 Å². The first kappa shape index (κ1) is 7.89. The fourth-order valence-corrected chi connectivity index (χ4v) is 2.98. The minimum absolute atomic E-state index is 0.0901. The van der Waals surface area contributed by atoms with E-state index in [2.05, 4.69) is 12.1 Å². The molecule has 0 bridgehead atoms. The Labute approximate surface area is 77.8 Å². The highest BCUT2D eigenvalue weighted by molar-refractivity contribution is 7.44. The average molecular weight is 195 g/mol. The van der Waals surface area contributed by atoms with Crippen LogP contribution in [-0.4, -0.2) is 6.10 Å². The molecule has 2 N–H and O–H groups in total. The van der Waals surface area contributed by atoms with Crippen molar-refractivity contribution in [2.24, 2.45) is 5.50 Å². The Balaban J connectivity index is 2.02. The van der Waals surface area contributed by atoms with E-state index in [0.29, 0.717) is 0 Å². The minimum atomic E-state index is -1.12. The zero-order valence-electron chi connectivity index (χ0n) is 7.01. The SMILES string of the molecule is NP1O[C@@H]2Cc3ccccc3[C@@H]2O1. The van der Waals surface area contributed by atoms with Gasteiger partial charge in [-0.05, 0) is 11.1 Å². The normalized spacial score (nSPS) is 35.9. The molecular formula is C9H10NO2P. The lowest BCUT2D eigenvalue weighted by molar-refractivity contribution is 0.176. The minimum Gasteiger partial charge on any atom is -0.315 e. The summed E-state index contributed by atoms with van der Waals surface area (Å²) in [6, 6.07) is 8.30. The first-order valence-corrected chi connectivity index (χ1v) is 5.55. The Bertz CT molecular complexity index is 344. The highest BCUT2D eigenvalue weighted by Gasteiger charge is 2.42. The van der Waals surface area contributed by atoms with Crippen molar-refractivity contribution in [1.29, 1.82) is 0 Å². The van der Waals surface area contributed by atoms with Crippen molar-refractivity contribution < 1.29 is 9.05 Å². The smallest absolute Gasteiger partial charge is 0.254 e. The van der Waals surface area contributed by atoms with Gasteiger partial charge in [0.05, 0.1) is 0 Å². The first-order valence-electron chi connectivity index (χ1n) is 4.31. The molecule has 3 rings (SSSR count). The molecule has 3 atom stereocenters. The van der Waals surface area contributed by atoms with Gasteiger partial charge < -0.3 is 9.05 Å². The zero-order chi connectivity index (χ0) is 8.84. The number of nitrogens with two attached hydrogens (primary N) is 1. The molecule has 1 aromatic carbocycles. The quantitative estimate of drug-likeness (QED) is 0.643. The summed E-state index contributed by atoms with van der Waals surface area (Å²) in [5, 5.41) is 0. The van der Waals surface area contributed by atoms with Gasteiger partial charge in [-0.3, -0.25) is 5.50 Å². The van der Waals surface area contributed by atoms with Gasteiger partial charge in [0.2, 0.25) is 0 Å². The molecule has 2 aliphatic rings. The molecule has 0 amide bonds. The van der Waals surface area contributed by atoms with Crippen LogP contribution >= 0.6 is 8.53 Å². The molecule has 1 aliphatic carbocycles. The van der Waals surface area contributed by atoms with Crippen LogP contribution in [-0.2, 0) is 15.5 Å². The molecular weight excluding hydrogens is 185 g/mol. The Kier molecular flexibility index (Phi) is 1.67. The topological polar surface area (TPSA) is 44.5 Å². The summed E-state index contributed by atoms with van der Waals surface area (Å²) in [6.45, 7) is 0. The van der Waals surface area contributed by atoms with Gasteiger partial charge in [-0.15, -0.1) is 0 Å². The third kappa shape index (κ3) is 1.12. The van der Waals surface area contributed by atoms with Gasteiger partial charge in [0.25, 0.3) is 8.53 Å². The fourth-order valence-electron chi connectivity index (χ4n) is 2.01. The van der Waals surface area contributed by atoms with E-state index in [1.165, 1.54) is 11.1 Å². The molecule has 0 saturated carbocycles. The second-order valence-corrected chi connectivity index (χ2v) is 4.35. The summed E-state index contributed by atoms with van der Waals surface area (Å²) in [5.74, 6) is 0. The van der Waals surface area contributed by atoms with Crippen molar-refractivity contribution in [3.63, 3.8) is 0 Å². The second kappa shape index (κ2) is 2.76. The summed E-state index contributed by atoms with van der Waals surface area (Å²) in [4.78, 5) is 0. The molecule has 1 heterocycles. The number of hydrogen-bond acceptors (Lipinski definition) is 3. The molecule has 1 unspecified atom stereocenters. The van der Waals surface area contributed by atoms with Gasteiger partial charge in [0.1, 0.15) is 12.2 Å². The average Bonchev–Trinajstić information content (AvgIpc) is 2.60. The first-order chi connectivity index (χ1) is 6.34. The van der Waals surface area contributed by atoms with Gasteiger partial charge in [0.15, 0.2) is 0 Å². The molecule has 0 spiro atoms. The van der Waals surface area contributed by atoms with Crippen LogP contribution in [0.5, 0.6) is 0 Å². The summed E-state index contributed by atoms with van der Waals surface area (Å²) >= 11 is 0. The van der Waals surface area contributed by atoms with Gasteiger partial charge in [0, 0.05) is 6.42 Å². The summed E-state index contributed by atoms with van der Waals surface area (Å²) in [6.07, 6.45) is 1.19. The standard InChI is InChI=1S/C9H10NO2P/c10-13-11-8-5-6-3-1-2-4-7(6)9(8)12-13/h1-4,8-9H,5,10H2/t8-,9+,13?/m1/s1. The summed E-state index contributed by atoms with van der Waals surface area (Å²) < 4.78 is 11.0. The fraction of sp³-hybridized carbons (Fsp3) is 0.333. The van der Waals surface area contributed by atoms with Gasteiger partial charge >= 0.3 is 0 Å². The molecule has 1 fully saturated rings. The number of fused-ring (bicyclic) bond motifs is 3. The maximum absolute atomic E-state index is 5.60. The third-order valence-electron chi connectivity index (χ3n) is 2.58. The van der Waals surface area contributed by atoms with Crippen molar-refractivity contribution in [2.45, 2.75) is 18.6 Å². The molecule has 1 aromatic rings. The Hall–Kier alpha value is -0.470. The van der Waals surface area contributed by atoms with Crippen molar-refractivity contribution in [3.05, 3.63) is 35.4 Å². The molecule has 4 heteroatoms. The molecule has 1 saturated heterocycles. The molecule has 3 nitrogen and oxygen atoms in total. The van der Waals surface area contributed by atoms with Crippen LogP contribution in [0.1, 0.15) is 17.2 Å². The van der Waals surface area contributed by atoms with Crippen molar-refractivity contribution in [2.75, 3.05) is 0 Å². The molecule has 1 aliphatic heterocycles. The maximum Gasteiger partial charge on any atom is 0.254 e. The summed E-state index contributed by atoms with van der Waals surface area (Å²) in [7, 11) is -1.12. The van der Waals surface area contributed by atoms with E-state index in [0.717, 1.165) is 6.42 Å². The van der Waals surface area contributed by atoms with Crippen LogP contribution < -0.4 is 5.50 Å². The van der Waals surface area contributed by atoms with Gasteiger partial charge in [-0.25, -0.2) is 0 Å². The van der Waals surface area contributed by atoms with Crippen molar-refractivity contribution in [3.8, 4) is 0 Å². The van der Waals surface area contributed by atoms with E-state index in [1.54, 1.807) is 0 Å². The lowest BCUT2D eigenvalue weighted by Crippen LogP contribution is -2.08. The Morgan fingerprint density at radius 1 is 1.31 bits per heavy atom. The highest BCUT2D eigenvalue weighted by Crippen LogP contribution is 2.53. The predicted molar refractivity (Wildman–Crippen MR) is 50.0 cm³/mol. The van der Waals surface area contributed by atoms with Gasteiger partial charge in [-0.2, -0.15) is 0 Å². The molecule has 0 aromatic heterocycles. The Morgan fingerprint density at radius 3 is 3.08 bits per heavy atom. The van der Waals surface area contributed by atoms with E-state index >= 15 is 0 Å². The number of rotatable bonds is 0. The molecule has 68 valence electrons. The van der Waals surface area contributed by atoms with E-state index in [4.69, 9.17) is 14.6 Å². The van der Waals surface area contributed by atoms with Crippen LogP contribution in [0.3, 0.4) is 0 Å². The largest absolute Gasteiger partial charge is 0.315 e. The van der Waals surface area contributed by atoms with Crippen LogP contribution in [0, 0.1) is 0 Å². The second-order valence-electron chi connectivity index (χ2n) is 3.36. The van der Waals surface area contributed by atoms with E-state index < -0.39 is 8.53 Å². The van der Waals surface area contributed by atoms with E-state index in [-0.39, 0.29) is 12.2 Å². The zero-order valence-corrected chi connectivity index (χ0v) is 7.91. The van der Waals surface area contributed by atoms with Crippen LogP contribution in [0.4, 0.5) is 0 Å². The van der Waals surface area contributed by atoms with E-state index in [9.17, 15) is 0 Å². The lowest BCUT2D eigenvalue weighted by atomic mass is 10.1. The Morgan fingerprint density at radius 2 is 2.15 bits per heavy atom. The molecule has 13 heavy (non-hydrogen) atoms. The highest BCUT2D eigenvalue weighted by atomic mass is 31.2. The third-order valence-corrected chi connectivity index (χ3v) is 3.49. The van der Waals surface area contributed by atoms with Crippen molar-refractivity contribution in [1.82, 2.24) is 0 Å². The number of hydrogen-bond donors (Lipinski definition) is 1. The van der Waals surface area contributed by atoms with E-state index in [1.807, 2.05) is 12.1 Å². The number of benzene rings is 1. The predicted octanol–water partition coefficient (Wildman–Crippen LogP) is 1.88. The lowest BCUT2D eigenvalue weighted by Gasteiger charge is -2.06. The maximum atomic E-state index is 5.60. The van der Waals surface area contributed by atoms with Crippen molar-refractivity contribution >= 4 is 8.53 Å².